The molecule has 5 heteroatoms. The van der Waals surface area contributed by atoms with Gasteiger partial charge in [0.2, 0.25) is 0 Å². The molecule has 94 valence electrons. The molecule has 2 aromatic heterocycles. The number of halogens is 1. The number of nitrogens with zero attached hydrogens (tertiary/aromatic N) is 3. The Morgan fingerprint density at radius 1 is 1.16 bits per heavy atom. The average Bonchev–Trinajstić information content (AvgIpc) is 2.92. The van der Waals surface area contributed by atoms with Gasteiger partial charge in [-0.25, -0.2) is 9.07 Å². The van der Waals surface area contributed by atoms with E-state index in [2.05, 4.69) is 10.1 Å². The van der Waals surface area contributed by atoms with Crippen LogP contribution in [0.3, 0.4) is 0 Å². The third-order valence-electron chi connectivity index (χ3n) is 2.98. The fraction of sp³-hybridized carbons (Fsp3) is 0.0714. The van der Waals surface area contributed by atoms with Gasteiger partial charge < -0.3 is 0 Å². The largest absolute Gasteiger partial charge is 0.297 e. The van der Waals surface area contributed by atoms with Crippen LogP contribution in [0.15, 0.2) is 54.9 Å². The third-order valence-corrected chi connectivity index (χ3v) is 2.98. The molecular formula is C14H10FN3O. The van der Waals surface area contributed by atoms with Crippen molar-refractivity contribution in [3.8, 4) is 0 Å². The molecule has 0 aliphatic rings. The summed E-state index contributed by atoms with van der Waals surface area (Å²) in [5.41, 5.74) is 1.25. The topological polar surface area (TPSA) is 47.8 Å². The highest BCUT2D eigenvalue weighted by molar-refractivity contribution is 5.77. The summed E-state index contributed by atoms with van der Waals surface area (Å²) < 4.78 is 16.1. The molecule has 0 saturated carbocycles. The summed E-state index contributed by atoms with van der Waals surface area (Å²) in [6.07, 6.45) is 3.29. The SMILES string of the molecule is O=CC(F)(c1ccccc1)n1ncc2ncccc21. The normalized spacial score (nSPS) is 14.2. The van der Waals surface area contributed by atoms with Crippen LogP contribution in [0.2, 0.25) is 0 Å². The van der Waals surface area contributed by atoms with E-state index < -0.39 is 5.79 Å². The maximum absolute atomic E-state index is 15.1. The molecule has 2 heterocycles. The number of rotatable bonds is 3. The highest BCUT2D eigenvalue weighted by Gasteiger charge is 2.36. The summed E-state index contributed by atoms with van der Waals surface area (Å²) >= 11 is 0. The summed E-state index contributed by atoms with van der Waals surface area (Å²) in [4.78, 5) is 15.4. The number of aldehydes is 1. The maximum Gasteiger partial charge on any atom is 0.283 e. The van der Waals surface area contributed by atoms with Crippen LogP contribution < -0.4 is 0 Å². The van der Waals surface area contributed by atoms with Crippen molar-refractivity contribution < 1.29 is 9.18 Å². The first-order valence-electron chi connectivity index (χ1n) is 5.76. The molecule has 3 aromatic rings. The standard InChI is InChI=1S/C14H10FN3O/c15-14(10-19,11-5-2-1-3-6-11)18-13-7-4-8-16-12(13)9-17-18/h1-10H. The summed E-state index contributed by atoms with van der Waals surface area (Å²) in [5.74, 6) is -2.33. The Bertz CT molecular complexity index is 726. The number of alkyl halides is 1. The van der Waals surface area contributed by atoms with Crippen molar-refractivity contribution in [2.45, 2.75) is 5.79 Å². The lowest BCUT2D eigenvalue weighted by atomic mass is 10.1. The molecule has 0 N–H and O–H groups in total. The third kappa shape index (κ3) is 1.71. The fourth-order valence-corrected chi connectivity index (χ4v) is 2.03. The molecule has 0 fully saturated rings. The minimum absolute atomic E-state index is 0.235. The summed E-state index contributed by atoms with van der Waals surface area (Å²) in [6, 6.07) is 11.6. The smallest absolute Gasteiger partial charge is 0.283 e. The molecule has 1 aromatic carbocycles. The number of benzene rings is 1. The van der Waals surface area contributed by atoms with Crippen LogP contribution in [0.5, 0.6) is 0 Å². The second-order valence-corrected chi connectivity index (χ2v) is 4.12. The maximum atomic E-state index is 15.1. The van der Waals surface area contributed by atoms with Crippen molar-refractivity contribution in [2.75, 3.05) is 0 Å². The van der Waals surface area contributed by atoms with E-state index in [9.17, 15) is 4.79 Å². The minimum atomic E-state index is -2.33. The number of hydrogen-bond acceptors (Lipinski definition) is 3. The summed E-state index contributed by atoms with van der Waals surface area (Å²) in [7, 11) is 0. The molecule has 0 aliphatic carbocycles. The lowest BCUT2D eigenvalue weighted by Crippen LogP contribution is -2.32. The zero-order valence-corrected chi connectivity index (χ0v) is 9.90. The first-order chi connectivity index (χ1) is 9.25. The first kappa shape index (κ1) is 11.5. The van der Waals surface area contributed by atoms with Gasteiger partial charge >= 0.3 is 0 Å². The van der Waals surface area contributed by atoms with Gasteiger partial charge in [-0.15, -0.1) is 0 Å². The van der Waals surface area contributed by atoms with Crippen LogP contribution >= 0.6 is 0 Å². The molecule has 1 unspecified atom stereocenters. The number of aromatic nitrogens is 3. The van der Waals surface area contributed by atoms with Crippen molar-refractivity contribution in [3.63, 3.8) is 0 Å². The monoisotopic (exact) mass is 255 g/mol. The Kier molecular flexibility index (Phi) is 2.59. The average molecular weight is 255 g/mol. The Morgan fingerprint density at radius 2 is 1.95 bits per heavy atom. The summed E-state index contributed by atoms with van der Waals surface area (Å²) in [5, 5.41) is 3.96. The van der Waals surface area contributed by atoms with Gasteiger partial charge in [0.15, 0.2) is 6.29 Å². The molecule has 3 rings (SSSR count). The van der Waals surface area contributed by atoms with Crippen molar-refractivity contribution in [1.29, 1.82) is 0 Å². The van der Waals surface area contributed by atoms with Crippen LogP contribution in [-0.2, 0) is 10.6 Å². The van der Waals surface area contributed by atoms with E-state index in [1.54, 1.807) is 48.7 Å². The van der Waals surface area contributed by atoms with Crippen molar-refractivity contribution >= 4 is 17.3 Å². The van der Waals surface area contributed by atoms with Crippen LogP contribution in [-0.4, -0.2) is 21.1 Å². The van der Waals surface area contributed by atoms with Gasteiger partial charge in [0, 0.05) is 11.8 Å². The van der Waals surface area contributed by atoms with Crippen LogP contribution in [0.25, 0.3) is 11.0 Å². The van der Waals surface area contributed by atoms with E-state index in [4.69, 9.17) is 0 Å². The van der Waals surface area contributed by atoms with E-state index in [1.807, 2.05) is 0 Å². The van der Waals surface area contributed by atoms with Gasteiger partial charge in [-0.05, 0) is 12.1 Å². The van der Waals surface area contributed by atoms with Crippen molar-refractivity contribution in [2.24, 2.45) is 0 Å². The number of fused-ring (bicyclic) bond motifs is 1. The van der Waals surface area contributed by atoms with E-state index in [0.717, 1.165) is 4.68 Å². The van der Waals surface area contributed by atoms with Gasteiger partial charge in [-0.3, -0.25) is 9.78 Å². The number of carbonyl (C=O) groups excluding carboxylic acids is 1. The van der Waals surface area contributed by atoms with Crippen molar-refractivity contribution in [3.05, 3.63) is 60.4 Å². The van der Waals surface area contributed by atoms with Gasteiger partial charge in [-0.1, -0.05) is 30.3 Å². The highest BCUT2D eigenvalue weighted by Crippen LogP contribution is 2.28. The van der Waals surface area contributed by atoms with Gasteiger partial charge in [0.1, 0.15) is 5.52 Å². The molecule has 0 aliphatic heterocycles. The van der Waals surface area contributed by atoms with E-state index in [0.29, 0.717) is 11.0 Å². The molecule has 0 amide bonds. The Balaban J connectivity index is 2.25. The predicted molar refractivity (Wildman–Crippen MR) is 68.2 cm³/mol. The number of pyridine rings is 1. The van der Waals surface area contributed by atoms with Crippen LogP contribution in [0.1, 0.15) is 5.56 Å². The lowest BCUT2D eigenvalue weighted by Gasteiger charge is -2.20. The molecule has 1 atom stereocenters. The molecule has 19 heavy (non-hydrogen) atoms. The fourth-order valence-electron chi connectivity index (χ4n) is 2.03. The molecular weight excluding hydrogens is 245 g/mol. The zero-order valence-electron chi connectivity index (χ0n) is 9.90. The molecule has 0 spiro atoms. The minimum Gasteiger partial charge on any atom is -0.297 e. The second kappa shape index (κ2) is 4.28. The molecule has 4 nitrogen and oxygen atoms in total. The lowest BCUT2D eigenvalue weighted by molar-refractivity contribution is -0.120. The second-order valence-electron chi connectivity index (χ2n) is 4.12. The zero-order chi connectivity index (χ0) is 13.3. The Hall–Kier alpha value is -2.56. The number of carbonyl (C=O) groups is 1. The highest BCUT2D eigenvalue weighted by atomic mass is 19.1. The van der Waals surface area contributed by atoms with E-state index >= 15 is 4.39 Å². The Morgan fingerprint density at radius 3 is 2.68 bits per heavy atom. The Labute approximate surface area is 108 Å². The number of hydrogen-bond donors (Lipinski definition) is 0. The van der Waals surface area contributed by atoms with Gasteiger partial charge in [0.25, 0.3) is 5.79 Å². The van der Waals surface area contributed by atoms with Crippen molar-refractivity contribution in [1.82, 2.24) is 14.8 Å². The molecule has 0 radical (unpaired) electrons. The van der Waals surface area contributed by atoms with Gasteiger partial charge in [0.05, 0.1) is 11.7 Å². The first-order valence-corrected chi connectivity index (χ1v) is 5.76. The van der Waals surface area contributed by atoms with Crippen LogP contribution in [0, 0.1) is 0 Å². The molecule has 0 bridgehead atoms. The molecule has 0 saturated heterocycles. The summed E-state index contributed by atoms with van der Waals surface area (Å²) in [6.45, 7) is 0. The van der Waals surface area contributed by atoms with E-state index in [1.165, 1.54) is 6.20 Å². The van der Waals surface area contributed by atoms with Gasteiger partial charge in [-0.2, -0.15) is 5.10 Å². The van der Waals surface area contributed by atoms with Crippen LogP contribution in [0.4, 0.5) is 4.39 Å². The van der Waals surface area contributed by atoms with E-state index in [-0.39, 0.29) is 11.8 Å². The predicted octanol–water partition coefficient (Wildman–Crippen LogP) is 2.30. The quantitative estimate of drug-likeness (QED) is 0.675.